The third kappa shape index (κ3) is 3.25. The summed E-state index contributed by atoms with van der Waals surface area (Å²) in [6.07, 6.45) is 1.08. The van der Waals surface area contributed by atoms with Crippen LogP contribution in [0.1, 0.15) is 17.2 Å². The van der Waals surface area contributed by atoms with Crippen LogP contribution in [0, 0.1) is 11.3 Å². The average molecular weight is 258 g/mol. The molecule has 0 bridgehead atoms. The Hall–Kier alpha value is -1.57. The lowest BCUT2D eigenvalue weighted by molar-refractivity contribution is 0.395. The molecule has 0 radical (unpaired) electrons. The summed E-state index contributed by atoms with van der Waals surface area (Å²) in [6, 6.07) is 8.52. The fourth-order valence-corrected chi connectivity index (χ4v) is 2.44. The number of fused-ring (bicyclic) bond motifs is 1. The summed E-state index contributed by atoms with van der Waals surface area (Å²) in [5.74, 6) is 0. The van der Waals surface area contributed by atoms with Crippen molar-refractivity contribution in [3.63, 3.8) is 0 Å². The zero-order chi connectivity index (χ0) is 13.8. The highest BCUT2D eigenvalue weighted by Gasteiger charge is 2.18. The number of nitriles is 1. The van der Waals surface area contributed by atoms with E-state index in [0.29, 0.717) is 0 Å². The van der Waals surface area contributed by atoms with Crippen LogP contribution in [0.4, 0.5) is 5.69 Å². The minimum atomic E-state index is -0.212. The van der Waals surface area contributed by atoms with E-state index < -0.39 is 0 Å². The molecule has 1 N–H and O–H groups in total. The molecular weight excluding hydrogens is 236 g/mol. The zero-order valence-electron chi connectivity index (χ0n) is 12.0. The van der Waals surface area contributed by atoms with Crippen LogP contribution < -0.4 is 10.2 Å². The van der Waals surface area contributed by atoms with E-state index in [1.807, 2.05) is 14.1 Å². The number of nitrogens with zero attached hydrogens (tertiary/aromatic N) is 3. The fourth-order valence-electron chi connectivity index (χ4n) is 2.44. The first-order valence-electron chi connectivity index (χ1n) is 6.73. The zero-order valence-corrected chi connectivity index (χ0v) is 12.0. The summed E-state index contributed by atoms with van der Waals surface area (Å²) in [5.41, 5.74) is 3.73. The summed E-state index contributed by atoms with van der Waals surface area (Å²) >= 11 is 0. The molecule has 1 aromatic carbocycles. The largest absolute Gasteiger partial charge is 0.374 e. The van der Waals surface area contributed by atoms with Crippen molar-refractivity contribution < 1.29 is 0 Å². The molecule has 19 heavy (non-hydrogen) atoms. The van der Waals surface area contributed by atoms with E-state index in [-0.39, 0.29) is 6.04 Å². The van der Waals surface area contributed by atoms with E-state index in [2.05, 4.69) is 46.4 Å². The number of hydrogen-bond donors (Lipinski definition) is 1. The lowest BCUT2D eigenvalue weighted by atomic mass is 10.0. The van der Waals surface area contributed by atoms with Crippen LogP contribution in [0.25, 0.3) is 0 Å². The molecule has 4 nitrogen and oxygen atoms in total. The molecule has 0 aromatic heterocycles. The van der Waals surface area contributed by atoms with Crippen molar-refractivity contribution in [3.05, 3.63) is 29.3 Å². The van der Waals surface area contributed by atoms with Gasteiger partial charge in [-0.1, -0.05) is 12.1 Å². The van der Waals surface area contributed by atoms with E-state index in [9.17, 15) is 5.26 Å². The number of rotatable bonds is 5. The van der Waals surface area contributed by atoms with Gasteiger partial charge in [-0.2, -0.15) is 5.26 Å². The van der Waals surface area contributed by atoms with E-state index in [1.54, 1.807) is 0 Å². The Morgan fingerprint density at radius 2 is 2.26 bits per heavy atom. The van der Waals surface area contributed by atoms with Crippen LogP contribution in [0.2, 0.25) is 0 Å². The van der Waals surface area contributed by atoms with E-state index in [0.717, 1.165) is 31.6 Å². The first-order valence-corrected chi connectivity index (χ1v) is 6.73. The Balaban J connectivity index is 2.05. The molecule has 2 rings (SSSR count). The van der Waals surface area contributed by atoms with Crippen molar-refractivity contribution in [2.45, 2.75) is 12.5 Å². The molecule has 1 aromatic rings. The summed E-state index contributed by atoms with van der Waals surface area (Å²) < 4.78 is 0. The number of nitrogens with one attached hydrogen (secondary N) is 1. The molecule has 1 aliphatic rings. The highest BCUT2D eigenvalue weighted by atomic mass is 15.1. The SMILES string of the molecule is CN(C)CCNC(C#N)c1ccc2c(c1)CCN2C. The fraction of sp³-hybridized carbons (Fsp3) is 0.533. The van der Waals surface area contributed by atoms with Gasteiger partial charge >= 0.3 is 0 Å². The number of benzene rings is 1. The van der Waals surface area contributed by atoms with Crippen molar-refractivity contribution in [1.29, 1.82) is 5.26 Å². The van der Waals surface area contributed by atoms with Gasteiger partial charge in [0, 0.05) is 32.4 Å². The second-order valence-electron chi connectivity index (χ2n) is 5.38. The smallest absolute Gasteiger partial charge is 0.121 e. The molecular formula is C15H22N4. The molecule has 0 fully saturated rings. The predicted molar refractivity (Wildman–Crippen MR) is 78.3 cm³/mol. The lowest BCUT2D eigenvalue weighted by Crippen LogP contribution is -2.29. The molecule has 0 aliphatic carbocycles. The van der Waals surface area contributed by atoms with Gasteiger partial charge in [0.1, 0.15) is 6.04 Å². The Kier molecular flexibility index (Phi) is 4.41. The third-order valence-corrected chi connectivity index (χ3v) is 3.60. The Morgan fingerprint density at radius 1 is 1.47 bits per heavy atom. The van der Waals surface area contributed by atoms with Crippen LogP contribution in [-0.4, -0.2) is 45.7 Å². The summed E-state index contributed by atoms with van der Waals surface area (Å²) in [7, 11) is 6.19. The maximum absolute atomic E-state index is 9.31. The van der Waals surface area contributed by atoms with Gasteiger partial charge in [0.2, 0.25) is 0 Å². The van der Waals surface area contributed by atoms with Crippen molar-refractivity contribution in [3.8, 4) is 6.07 Å². The van der Waals surface area contributed by atoms with E-state index in [4.69, 9.17) is 0 Å². The van der Waals surface area contributed by atoms with Crippen molar-refractivity contribution in [2.75, 3.05) is 45.7 Å². The minimum Gasteiger partial charge on any atom is -0.374 e. The molecule has 0 saturated heterocycles. The van der Waals surface area contributed by atoms with Crippen LogP contribution in [-0.2, 0) is 6.42 Å². The number of anilines is 1. The van der Waals surface area contributed by atoms with Crippen LogP contribution in [0.3, 0.4) is 0 Å². The molecule has 102 valence electrons. The molecule has 0 amide bonds. The molecule has 1 heterocycles. The minimum absolute atomic E-state index is 0.212. The number of likely N-dealkylation sites (N-methyl/N-ethyl adjacent to an activating group) is 2. The molecule has 1 atom stereocenters. The topological polar surface area (TPSA) is 42.3 Å². The number of hydrogen-bond acceptors (Lipinski definition) is 4. The van der Waals surface area contributed by atoms with Gasteiger partial charge in [-0.15, -0.1) is 0 Å². The third-order valence-electron chi connectivity index (χ3n) is 3.60. The first-order chi connectivity index (χ1) is 9.11. The highest BCUT2D eigenvalue weighted by Crippen LogP contribution is 2.29. The van der Waals surface area contributed by atoms with Crippen LogP contribution in [0.5, 0.6) is 0 Å². The van der Waals surface area contributed by atoms with Gasteiger partial charge in [-0.3, -0.25) is 5.32 Å². The van der Waals surface area contributed by atoms with Gasteiger partial charge in [-0.05, 0) is 37.7 Å². The van der Waals surface area contributed by atoms with Crippen LogP contribution in [0.15, 0.2) is 18.2 Å². The molecule has 0 saturated carbocycles. The quantitative estimate of drug-likeness (QED) is 0.867. The van der Waals surface area contributed by atoms with Gasteiger partial charge in [0.25, 0.3) is 0 Å². The predicted octanol–water partition coefficient (Wildman–Crippen LogP) is 1.39. The van der Waals surface area contributed by atoms with Crippen molar-refractivity contribution in [2.24, 2.45) is 0 Å². The van der Waals surface area contributed by atoms with Gasteiger partial charge in [0.15, 0.2) is 0 Å². The van der Waals surface area contributed by atoms with Gasteiger partial charge in [-0.25, -0.2) is 0 Å². The summed E-state index contributed by atoms with van der Waals surface area (Å²) in [4.78, 5) is 4.37. The van der Waals surface area contributed by atoms with E-state index in [1.165, 1.54) is 11.3 Å². The maximum atomic E-state index is 9.31. The first kappa shape index (κ1) is 13.9. The van der Waals surface area contributed by atoms with Crippen molar-refractivity contribution >= 4 is 5.69 Å². The summed E-state index contributed by atoms with van der Waals surface area (Å²) in [6.45, 7) is 2.83. The molecule has 1 aliphatic heterocycles. The molecule has 1 unspecified atom stereocenters. The molecule has 4 heteroatoms. The second kappa shape index (κ2) is 6.05. The highest BCUT2D eigenvalue weighted by molar-refractivity contribution is 5.59. The van der Waals surface area contributed by atoms with E-state index >= 15 is 0 Å². The normalized spacial score (nSPS) is 15.4. The molecule has 0 spiro atoms. The summed E-state index contributed by atoms with van der Waals surface area (Å²) in [5, 5.41) is 12.6. The Labute approximate surface area is 115 Å². The second-order valence-corrected chi connectivity index (χ2v) is 5.38. The van der Waals surface area contributed by atoms with Gasteiger partial charge < -0.3 is 9.80 Å². The van der Waals surface area contributed by atoms with Gasteiger partial charge in [0.05, 0.1) is 6.07 Å². The Bertz CT molecular complexity index is 476. The standard InChI is InChI=1S/C15H22N4/c1-18(2)9-7-17-14(11-16)12-4-5-15-13(10-12)6-8-19(15)3/h4-5,10,14,17H,6-9H2,1-3H3. The maximum Gasteiger partial charge on any atom is 0.121 e. The Morgan fingerprint density at radius 3 is 2.95 bits per heavy atom. The monoisotopic (exact) mass is 258 g/mol. The van der Waals surface area contributed by atoms with Crippen LogP contribution >= 0.6 is 0 Å². The van der Waals surface area contributed by atoms with Crippen molar-refractivity contribution in [1.82, 2.24) is 10.2 Å². The average Bonchev–Trinajstić information content (AvgIpc) is 2.76. The lowest BCUT2D eigenvalue weighted by Gasteiger charge is -2.16.